The average molecular weight is 210 g/mol. The number of rotatable bonds is 4. The van der Waals surface area contributed by atoms with Crippen molar-refractivity contribution in [3.8, 4) is 0 Å². The summed E-state index contributed by atoms with van der Waals surface area (Å²) in [5.41, 5.74) is 6.94. The molecular weight excluding hydrogens is 191 g/mol. The van der Waals surface area contributed by atoms with Crippen LogP contribution in [-0.2, 0) is 0 Å². The summed E-state index contributed by atoms with van der Waals surface area (Å²) in [6.45, 7) is 4.26. The number of hydrogen-bond acceptors (Lipinski definition) is 2. The van der Waals surface area contributed by atoms with E-state index in [1.807, 2.05) is 7.05 Å². The maximum atomic E-state index is 13.2. The largest absolute Gasteiger partial charge is 0.399 e. The molecule has 0 aliphatic carbocycles. The molecule has 0 bridgehead atoms. The highest BCUT2D eigenvalue weighted by Crippen LogP contribution is 2.22. The number of benzene rings is 1. The van der Waals surface area contributed by atoms with Crippen LogP contribution in [0.2, 0.25) is 0 Å². The molecule has 84 valence electrons. The van der Waals surface area contributed by atoms with E-state index in [1.165, 1.54) is 12.1 Å². The molecule has 0 heterocycles. The first-order valence-electron chi connectivity index (χ1n) is 5.37. The predicted octanol–water partition coefficient (Wildman–Crippen LogP) is 3.03. The van der Waals surface area contributed by atoms with Gasteiger partial charge in [0, 0.05) is 24.5 Å². The minimum atomic E-state index is -0.275. The molecule has 1 rings (SSSR count). The molecule has 0 aromatic heterocycles. The number of nitrogens with zero attached hydrogens (tertiary/aromatic N) is 1. The summed E-state index contributed by atoms with van der Waals surface area (Å²) in [6.07, 6.45) is 2.09. The van der Waals surface area contributed by atoms with E-state index < -0.39 is 0 Å². The number of nitrogen functional groups attached to an aromatic ring is 1. The van der Waals surface area contributed by atoms with Gasteiger partial charge in [0.05, 0.1) is 0 Å². The Morgan fingerprint density at radius 2 is 1.87 bits per heavy atom. The number of hydrogen-bond donors (Lipinski definition) is 1. The van der Waals surface area contributed by atoms with E-state index in [-0.39, 0.29) is 5.82 Å². The molecule has 0 radical (unpaired) electrons. The van der Waals surface area contributed by atoms with Crippen LogP contribution in [0.15, 0.2) is 18.2 Å². The van der Waals surface area contributed by atoms with Crippen LogP contribution in [0.25, 0.3) is 0 Å². The number of anilines is 2. The van der Waals surface area contributed by atoms with E-state index in [0.29, 0.717) is 11.7 Å². The summed E-state index contributed by atoms with van der Waals surface area (Å²) in [7, 11) is 1.98. The van der Waals surface area contributed by atoms with Crippen LogP contribution in [-0.4, -0.2) is 13.1 Å². The van der Waals surface area contributed by atoms with Gasteiger partial charge >= 0.3 is 0 Å². The van der Waals surface area contributed by atoms with Crippen LogP contribution in [0.3, 0.4) is 0 Å². The lowest BCUT2D eigenvalue weighted by Crippen LogP contribution is -2.30. The van der Waals surface area contributed by atoms with Gasteiger partial charge in [-0.2, -0.15) is 0 Å². The lowest BCUT2D eigenvalue weighted by atomic mass is 10.1. The van der Waals surface area contributed by atoms with Crippen molar-refractivity contribution in [2.24, 2.45) is 0 Å². The molecule has 0 saturated carbocycles. The normalized spacial score (nSPS) is 10.7. The zero-order valence-electron chi connectivity index (χ0n) is 9.63. The van der Waals surface area contributed by atoms with E-state index in [1.54, 1.807) is 6.07 Å². The van der Waals surface area contributed by atoms with Gasteiger partial charge in [0.25, 0.3) is 0 Å². The topological polar surface area (TPSA) is 29.3 Å². The molecule has 0 aliphatic heterocycles. The van der Waals surface area contributed by atoms with Crippen molar-refractivity contribution in [1.29, 1.82) is 0 Å². The number of nitrogens with two attached hydrogens (primary N) is 1. The minimum absolute atomic E-state index is 0.275. The van der Waals surface area contributed by atoms with Crippen LogP contribution < -0.4 is 10.6 Å². The zero-order valence-corrected chi connectivity index (χ0v) is 9.63. The maximum Gasteiger partial charge on any atom is 0.127 e. The maximum absolute atomic E-state index is 13.2. The van der Waals surface area contributed by atoms with Gasteiger partial charge in [0.1, 0.15) is 5.82 Å². The van der Waals surface area contributed by atoms with Gasteiger partial charge in [-0.25, -0.2) is 4.39 Å². The highest BCUT2D eigenvalue weighted by Gasteiger charge is 2.12. The number of halogens is 1. The fraction of sp³-hybridized carbons (Fsp3) is 0.500. The predicted molar refractivity (Wildman–Crippen MR) is 63.6 cm³/mol. The molecule has 0 unspecified atom stereocenters. The average Bonchev–Trinajstić information content (AvgIpc) is 2.18. The summed E-state index contributed by atoms with van der Waals surface area (Å²) in [6, 6.07) is 5.10. The molecule has 0 aliphatic rings. The Labute approximate surface area is 90.9 Å². The first kappa shape index (κ1) is 11.8. The van der Waals surface area contributed by atoms with E-state index in [2.05, 4.69) is 18.7 Å². The third-order valence-electron chi connectivity index (χ3n) is 2.80. The van der Waals surface area contributed by atoms with Gasteiger partial charge in [-0.05, 0) is 31.0 Å². The van der Waals surface area contributed by atoms with Crippen molar-refractivity contribution >= 4 is 11.4 Å². The van der Waals surface area contributed by atoms with Crippen LogP contribution in [0.1, 0.15) is 26.7 Å². The van der Waals surface area contributed by atoms with E-state index >= 15 is 0 Å². The Kier molecular flexibility index (Phi) is 3.95. The van der Waals surface area contributed by atoms with E-state index in [4.69, 9.17) is 5.73 Å². The molecule has 0 fully saturated rings. The quantitative estimate of drug-likeness (QED) is 0.774. The molecule has 2 N–H and O–H groups in total. The molecule has 2 nitrogen and oxygen atoms in total. The van der Waals surface area contributed by atoms with Crippen LogP contribution in [0.5, 0.6) is 0 Å². The molecule has 0 saturated heterocycles. The van der Waals surface area contributed by atoms with Gasteiger partial charge in [0.2, 0.25) is 0 Å². The summed E-state index contributed by atoms with van der Waals surface area (Å²) >= 11 is 0. The monoisotopic (exact) mass is 210 g/mol. The molecule has 1 aromatic carbocycles. The molecule has 0 amide bonds. The summed E-state index contributed by atoms with van der Waals surface area (Å²) < 4.78 is 13.2. The van der Waals surface area contributed by atoms with Crippen molar-refractivity contribution in [3.05, 3.63) is 24.0 Å². The second kappa shape index (κ2) is 5.01. The SMILES string of the molecule is CCC(CC)N(C)c1cc(N)cc(F)c1. The van der Waals surface area contributed by atoms with Crippen LogP contribution in [0.4, 0.5) is 15.8 Å². The van der Waals surface area contributed by atoms with Gasteiger partial charge in [-0.3, -0.25) is 0 Å². The summed E-state index contributed by atoms with van der Waals surface area (Å²) in [5, 5.41) is 0. The van der Waals surface area contributed by atoms with E-state index in [9.17, 15) is 4.39 Å². The Morgan fingerprint density at radius 1 is 1.27 bits per heavy atom. The highest BCUT2D eigenvalue weighted by atomic mass is 19.1. The second-order valence-corrected chi connectivity index (χ2v) is 3.82. The first-order valence-corrected chi connectivity index (χ1v) is 5.37. The molecule has 0 atom stereocenters. The van der Waals surface area contributed by atoms with Gasteiger partial charge in [-0.1, -0.05) is 13.8 Å². The molecule has 0 spiro atoms. The van der Waals surface area contributed by atoms with Crippen LogP contribution in [0, 0.1) is 5.82 Å². The highest BCUT2D eigenvalue weighted by molar-refractivity contribution is 5.56. The van der Waals surface area contributed by atoms with Gasteiger partial charge in [0.15, 0.2) is 0 Å². The standard InChI is InChI=1S/C12H19FN2/c1-4-11(5-2)15(3)12-7-9(13)6-10(14)8-12/h6-8,11H,4-5,14H2,1-3H3. The third kappa shape index (κ3) is 2.85. The Hall–Kier alpha value is -1.25. The lowest BCUT2D eigenvalue weighted by molar-refractivity contribution is 0.586. The van der Waals surface area contributed by atoms with Crippen molar-refractivity contribution < 1.29 is 4.39 Å². The van der Waals surface area contributed by atoms with E-state index in [0.717, 1.165) is 18.5 Å². The second-order valence-electron chi connectivity index (χ2n) is 3.82. The fourth-order valence-corrected chi connectivity index (χ4v) is 1.85. The molecule has 3 heteroatoms. The Bertz CT molecular complexity index is 301. The smallest absolute Gasteiger partial charge is 0.127 e. The van der Waals surface area contributed by atoms with Crippen molar-refractivity contribution in [3.63, 3.8) is 0 Å². The molecular formula is C12H19FN2. The molecule has 15 heavy (non-hydrogen) atoms. The van der Waals surface area contributed by atoms with Crippen molar-refractivity contribution in [2.45, 2.75) is 32.7 Å². The van der Waals surface area contributed by atoms with Crippen molar-refractivity contribution in [1.82, 2.24) is 0 Å². The lowest BCUT2D eigenvalue weighted by Gasteiger charge is -2.28. The van der Waals surface area contributed by atoms with Crippen molar-refractivity contribution in [2.75, 3.05) is 17.7 Å². The van der Waals surface area contributed by atoms with Crippen LogP contribution >= 0.6 is 0 Å². The molecule has 1 aromatic rings. The Balaban J connectivity index is 2.94. The summed E-state index contributed by atoms with van der Waals surface area (Å²) in [5.74, 6) is -0.275. The minimum Gasteiger partial charge on any atom is -0.399 e. The van der Waals surface area contributed by atoms with Gasteiger partial charge in [-0.15, -0.1) is 0 Å². The Morgan fingerprint density at radius 3 is 2.33 bits per heavy atom. The third-order valence-corrected chi connectivity index (χ3v) is 2.80. The zero-order chi connectivity index (χ0) is 11.4. The summed E-state index contributed by atoms with van der Waals surface area (Å²) in [4.78, 5) is 2.08. The first-order chi connectivity index (χ1) is 7.08. The fourth-order valence-electron chi connectivity index (χ4n) is 1.85. The van der Waals surface area contributed by atoms with Gasteiger partial charge < -0.3 is 10.6 Å².